The SMILES string of the molecule is C.CC.CN1CC(F)=C(N2CC(COCNCc3cnc4ccccn34)C2)N=C1N1CCNCC1.[HH].[HH]. The summed E-state index contributed by atoms with van der Waals surface area (Å²) in [7, 11) is 1.91. The van der Waals surface area contributed by atoms with Gasteiger partial charge < -0.3 is 29.2 Å². The van der Waals surface area contributed by atoms with Crippen molar-refractivity contribution in [3.05, 3.63) is 47.9 Å². The minimum atomic E-state index is -0.152. The fourth-order valence-electron chi connectivity index (χ4n) is 4.45. The standard InChI is InChI=1S/C22H31FN8O.C2H6.CH4.2H2/c1-28-14-19(23)21(27-22(28)29-8-5-24-6-9-29)30-12-17(13-30)15-32-16-25-10-18-11-26-20-4-2-3-7-31(18)20;1-2;;;/h2-4,7,11,17,24-25H,5-6,8-10,12-16H2,1H3;1-2H3;1H4;2*1H. The Labute approximate surface area is 211 Å². The highest BCUT2D eigenvalue weighted by atomic mass is 19.1. The van der Waals surface area contributed by atoms with Crippen molar-refractivity contribution in [2.24, 2.45) is 10.9 Å². The number of piperazine rings is 1. The van der Waals surface area contributed by atoms with Crippen molar-refractivity contribution in [1.29, 1.82) is 0 Å². The second-order valence-corrected chi connectivity index (χ2v) is 8.62. The number of aliphatic imine (C=N–C) groups is 1. The van der Waals surface area contributed by atoms with Crippen LogP contribution in [0.25, 0.3) is 5.65 Å². The number of halogens is 1. The minimum Gasteiger partial charge on any atom is -0.366 e. The first-order valence-electron chi connectivity index (χ1n) is 12.3. The van der Waals surface area contributed by atoms with Crippen LogP contribution in [0.4, 0.5) is 4.39 Å². The van der Waals surface area contributed by atoms with Gasteiger partial charge in [0.1, 0.15) is 5.65 Å². The van der Waals surface area contributed by atoms with Crippen LogP contribution in [0.2, 0.25) is 0 Å². The predicted molar refractivity (Wildman–Crippen MR) is 143 cm³/mol. The summed E-state index contributed by atoms with van der Waals surface area (Å²) in [5, 5.41) is 6.66. The molecule has 5 heterocycles. The van der Waals surface area contributed by atoms with E-state index in [0.717, 1.165) is 56.6 Å². The van der Waals surface area contributed by atoms with Crippen LogP contribution in [0, 0.1) is 5.92 Å². The van der Waals surface area contributed by atoms with Gasteiger partial charge >= 0.3 is 0 Å². The zero-order chi connectivity index (χ0) is 23.9. The molecule has 3 aliphatic rings. The molecule has 0 unspecified atom stereocenters. The molecule has 0 saturated carbocycles. The van der Waals surface area contributed by atoms with Gasteiger partial charge in [0.15, 0.2) is 11.6 Å². The molecule has 2 aromatic heterocycles. The van der Waals surface area contributed by atoms with Gasteiger partial charge in [0.25, 0.3) is 0 Å². The van der Waals surface area contributed by atoms with E-state index in [2.05, 4.69) is 24.9 Å². The van der Waals surface area contributed by atoms with E-state index in [4.69, 9.17) is 9.73 Å². The van der Waals surface area contributed by atoms with E-state index < -0.39 is 0 Å². The maximum absolute atomic E-state index is 14.6. The number of imidazole rings is 1. The Kier molecular flexibility index (Phi) is 9.88. The Hall–Kier alpha value is -2.69. The molecule has 0 spiro atoms. The quantitative estimate of drug-likeness (QED) is 0.455. The first kappa shape index (κ1) is 26.9. The third-order valence-electron chi connectivity index (χ3n) is 6.18. The predicted octanol–water partition coefficient (Wildman–Crippen LogP) is 2.83. The van der Waals surface area contributed by atoms with Gasteiger partial charge in [0.2, 0.25) is 5.96 Å². The fourth-order valence-corrected chi connectivity index (χ4v) is 4.45. The van der Waals surface area contributed by atoms with E-state index in [1.54, 1.807) is 0 Å². The van der Waals surface area contributed by atoms with Crippen molar-refractivity contribution in [3.8, 4) is 0 Å². The van der Waals surface area contributed by atoms with Gasteiger partial charge in [-0.2, -0.15) is 4.99 Å². The number of nitrogens with one attached hydrogen (secondary N) is 2. The molecule has 3 aliphatic heterocycles. The largest absolute Gasteiger partial charge is 0.366 e. The van der Waals surface area contributed by atoms with Crippen molar-refractivity contribution in [3.63, 3.8) is 0 Å². The number of guanidine groups is 1. The van der Waals surface area contributed by atoms with Crippen LogP contribution in [-0.2, 0) is 11.3 Å². The number of hydrogen-bond acceptors (Lipinski definition) is 8. The van der Waals surface area contributed by atoms with Gasteiger partial charge in [-0.15, -0.1) is 0 Å². The molecule has 0 radical (unpaired) electrons. The smallest absolute Gasteiger partial charge is 0.203 e. The lowest BCUT2D eigenvalue weighted by Crippen LogP contribution is -2.54. The van der Waals surface area contributed by atoms with E-state index in [0.29, 0.717) is 31.6 Å². The van der Waals surface area contributed by atoms with E-state index in [-0.39, 0.29) is 22.7 Å². The van der Waals surface area contributed by atoms with E-state index >= 15 is 0 Å². The summed E-state index contributed by atoms with van der Waals surface area (Å²) < 4.78 is 22.5. The molecular weight excluding hydrogens is 447 g/mol. The van der Waals surface area contributed by atoms with Gasteiger partial charge in [-0.25, -0.2) is 9.37 Å². The van der Waals surface area contributed by atoms with Crippen LogP contribution < -0.4 is 10.6 Å². The molecule has 2 fully saturated rings. The highest BCUT2D eigenvalue weighted by molar-refractivity contribution is 5.82. The average molecular weight is 493 g/mol. The summed E-state index contributed by atoms with van der Waals surface area (Å²) in [6, 6.07) is 5.97. The Morgan fingerprint density at radius 1 is 1.20 bits per heavy atom. The summed E-state index contributed by atoms with van der Waals surface area (Å²) in [5.41, 5.74) is 2.04. The Morgan fingerprint density at radius 3 is 2.74 bits per heavy atom. The summed E-state index contributed by atoms with van der Waals surface area (Å²) in [5.74, 6) is 1.61. The number of likely N-dealkylation sites (tertiary alicyclic amines) is 1. The van der Waals surface area contributed by atoms with Crippen molar-refractivity contribution >= 4 is 11.6 Å². The summed E-state index contributed by atoms with van der Waals surface area (Å²) in [6.07, 6.45) is 3.89. The zero-order valence-corrected chi connectivity index (χ0v) is 20.5. The van der Waals surface area contributed by atoms with Crippen LogP contribution >= 0.6 is 0 Å². The number of aromatic nitrogens is 2. The number of hydrogen-bond donors (Lipinski definition) is 2. The molecule has 0 aromatic carbocycles. The van der Waals surface area contributed by atoms with E-state index in [1.807, 2.05) is 61.3 Å². The lowest BCUT2D eigenvalue weighted by atomic mass is 10.0. The second-order valence-electron chi connectivity index (χ2n) is 8.62. The highest BCUT2D eigenvalue weighted by Crippen LogP contribution is 2.28. The number of rotatable bonds is 7. The monoisotopic (exact) mass is 492 g/mol. The first-order chi connectivity index (χ1) is 16.7. The zero-order valence-electron chi connectivity index (χ0n) is 20.5. The Balaban J connectivity index is 0.00000134. The molecule has 35 heavy (non-hydrogen) atoms. The topological polar surface area (TPSA) is 72.7 Å². The molecule has 2 saturated heterocycles. The molecule has 9 nitrogen and oxygen atoms in total. The molecule has 2 aromatic rings. The van der Waals surface area contributed by atoms with E-state index in [1.165, 1.54) is 0 Å². The van der Waals surface area contributed by atoms with Gasteiger partial charge in [-0.1, -0.05) is 27.3 Å². The van der Waals surface area contributed by atoms with Crippen molar-refractivity contribution in [1.82, 2.24) is 34.7 Å². The molecule has 0 amide bonds. The van der Waals surface area contributed by atoms with E-state index in [9.17, 15) is 4.39 Å². The molecule has 0 atom stereocenters. The highest BCUT2D eigenvalue weighted by Gasteiger charge is 2.34. The number of nitrogens with zero attached hydrogens (tertiary/aromatic N) is 6. The van der Waals surface area contributed by atoms with Gasteiger partial charge in [-0.05, 0) is 12.1 Å². The van der Waals surface area contributed by atoms with Gasteiger partial charge in [-0.3, -0.25) is 5.32 Å². The van der Waals surface area contributed by atoms with Crippen LogP contribution in [0.15, 0.2) is 47.2 Å². The molecular formula is C25H45FN8O. The maximum Gasteiger partial charge on any atom is 0.203 e. The molecule has 2 N–H and O–H groups in total. The summed E-state index contributed by atoms with van der Waals surface area (Å²) in [4.78, 5) is 15.3. The third-order valence-corrected chi connectivity index (χ3v) is 6.18. The van der Waals surface area contributed by atoms with Crippen LogP contribution in [0.3, 0.4) is 0 Å². The lowest BCUT2D eigenvalue weighted by Gasteiger charge is -2.43. The molecule has 0 bridgehead atoms. The summed E-state index contributed by atoms with van der Waals surface area (Å²) >= 11 is 0. The van der Waals surface area contributed by atoms with Crippen LogP contribution in [-0.4, -0.2) is 96.2 Å². The molecule has 10 heteroatoms. The van der Waals surface area contributed by atoms with Crippen molar-refractivity contribution in [2.45, 2.75) is 27.8 Å². The number of fused-ring (bicyclic) bond motifs is 1. The molecule has 198 valence electrons. The van der Waals surface area contributed by atoms with Gasteiger partial charge in [0.05, 0.1) is 31.8 Å². The number of likely N-dealkylation sites (N-methyl/N-ethyl adjacent to an activating group) is 1. The van der Waals surface area contributed by atoms with Crippen LogP contribution in [0.1, 0.15) is 29.8 Å². The molecule has 0 aliphatic carbocycles. The fraction of sp³-hybridized carbons (Fsp3) is 0.600. The number of pyridine rings is 1. The van der Waals surface area contributed by atoms with Crippen molar-refractivity contribution < 1.29 is 12.0 Å². The third kappa shape index (κ3) is 6.31. The summed E-state index contributed by atoms with van der Waals surface area (Å²) in [6.45, 7) is 11.3. The maximum atomic E-state index is 14.6. The van der Waals surface area contributed by atoms with Gasteiger partial charge in [0, 0.05) is 67.8 Å². The Bertz CT molecular complexity index is 1010. The lowest BCUT2D eigenvalue weighted by molar-refractivity contribution is 0.0211. The second kappa shape index (κ2) is 12.9. The normalized spacial score (nSPS) is 18.6. The van der Waals surface area contributed by atoms with Crippen LogP contribution in [0.5, 0.6) is 0 Å². The number of ether oxygens (including phenoxy) is 1. The Morgan fingerprint density at radius 2 is 1.97 bits per heavy atom. The first-order valence-corrected chi connectivity index (χ1v) is 12.3. The molecule has 5 rings (SSSR count). The van der Waals surface area contributed by atoms with Crippen molar-refractivity contribution in [2.75, 3.05) is 66.2 Å². The minimum absolute atomic E-state index is 0. The average Bonchev–Trinajstić information content (AvgIpc) is 3.26.